The number of rotatable bonds is 8. The minimum absolute atomic E-state index is 0.0671. The van der Waals surface area contributed by atoms with E-state index in [0.717, 1.165) is 11.4 Å². The molecule has 0 saturated heterocycles. The second kappa shape index (κ2) is 8.99. The van der Waals surface area contributed by atoms with Gasteiger partial charge >= 0.3 is 5.97 Å². The van der Waals surface area contributed by atoms with Crippen LogP contribution < -0.4 is 14.9 Å². The molecule has 1 aromatic heterocycles. The topological polar surface area (TPSA) is 66.8 Å². The van der Waals surface area contributed by atoms with Crippen LogP contribution in [0, 0.1) is 19.8 Å². The number of esters is 1. The van der Waals surface area contributed by atoms with E-state index in [1.807, 2.05) is 18.4 Å². The van der Waals surface area contributed by atoms with Crippen molar-refractivity contribution in [1.82, 2.24) is 4.57 Å². The van der Waals surface area contributed by atoms with Crippen LogP contribution in [0.25, 0.3) is 11.8 Å². The van der Waals surface area contributed by atoms with E-state index in [-0.39, 0.29) is 12.0 Å². The molecule has 3 rings (SSSR count). The number of hydrogen-bond donors (Lipinski definition) is 0. The first-order valence-corrected chi connectivity index (χ1v) is 9.82. The lowest BCUT2D eigenvalue weighted by molar-refractivity contribution is -0.136. The molecule has 0 aliphatic heterocycles. The van der Waals surface area contributed by atoms with Crippen LogP contribution >= 0.6 is 0 Å². The third-order valence-electron chi connectivity index (χ3n) is 4.86. The summed E-state index contributed by atoms with van der Waals surface area (Å²) in [5, 5.41) is 0. The molecule has 0 radical (unpaired) electrons. The fraction of sp³-hybridized carbons (Fsp3) is 0.391. The van der Waals surface area contributed by atoms with Crippen molar-refractivity contribution in [2.24, 2.45) is 5.92 Å². The highest BCUT2D eigenvalue weighted by molar-refractivity contribution is 6.20. The Morgan fingerprint density at radius 3 is 2.41 bits per heavy atom. The Morgan fingerprint density at radius 1 is 1.14 bits per heavy atom. The predicted octanol–water partition coefficient (Wildman–Crippen LogP) is 3.82. The van der Waals surface area contributed by atoms with Gasteiger partial charge in [0.15, 0.2) is 16.9 Å². The molecule has 1 aliphatic rings. The molecule has 2 aromatic rings. The minimum Gasteiger partial charge on any atom is -0.493 e. The Balaban J connectivity index is 2.06. The lowest BCUT2D eigenvalue weighted by Gasteiger charge is -2.15. The average Bonchev–Trinajstić information content (AvgIpc) is 3.50. The van der Waals surface area contributed by atoms with Crippen molar-refractivity contribution in [3.63, 3.8) is 0 Å². The lowest BCUT2D eigenvalue weighted by Crippen LogP contribution is -2.12. The fourth-order valence-electron chi connectivity index (χ4n) is 3.11. The van der Waals surface area contributed by atoms with Gasteiger partial charge in [-0.3, -0.25) is 4.79 Å². The lowest BCUT2D eigenvalue weighted by atomic mass is 10.1. The Hall–Kier alpha value is -3.02. The highest BCUT2D eigenvalue weighted by atomic mass is 16.5. The summed E-state index contributed by atoms with van der Waals surface area (Å²) in [6.45, 7) is 6.32. The largest absolute Gasteiger partial charge is 0.493 e. The maximum Gasteiger partial charge on any atom is 0.340 e. The first kappa shape index (κ1) is 20.7. The van der Waals surface area contributed by atoms with Gasteiger partial charge in [0.25, 0.3) is 0 Å². The second-order valence-corrected chi connectivity index (χ2v) is 7.23. The third-order valence-corrected chi connectivity index (χ3v) is 4.86. The number of benzene rings is 1. The van der Waals surface area contributed by atoms with Crippen molar-refractivity contribution in [1.29, 1.82) is 0 Å². The monoisotopic (exact) mass is 397 g/mol. The second-order valence-electron chi connectivity index (χ2n) is 7.23. The molecule has 1 aromatic carbocycles. The first-order valence-electron chi connectivity index (χ1n) is 9.82. The van der Waals surface area contributed by atoms with E-state index in [0.29, 0.717) is 35.2 Å². The third kappa shape index (κ3) is 5.08. The van der Waals surface area contributed by atoms with E-state index in [2.05, 4.69) is 0 Å². The Morgan fingerprint density at radius 2 is 1.83 bits per heavy atom. The van der Waals surface area contributed by atoms with E-state index in [1.54, 1.807) is 38.4 Å². The first-order chi connectivity index (χ1) is 13.9. The number of methoxy groups -OCH3 is 1. The van der Waals surface area contributed by atoms with Crippen LogP contribution in [0.1, 0.15) is 36.7 Å². The standard InChI is InChI=1S/C23H27NO5/c1-5-28-23(26)20(13-24-15(2)10-19(25)11-16(24)3)18-8-9-21(27-4)22(12-18)29-14-17-6-7-17/h8-13,17H,5-7,14H2,1-4H3/b20-13-. The van der Waals surface area contributed by atoms with Crippen LogP contribution in [-0.4, -0.2) is 30.9 Å². The number of hydrogen-bond acceptors (Lipinski definition) is 5. The maximum absolute atomic E-state index is 12.7. The minimum atomic E-state index is -0.441. The normalized spacial score (nSPS) is 13.9. The number of nitrogens with zero attached hydrogens (tertiary/aromatic N) is 1. The van der Waals surface area contributed by atoms with Crippen LogP contribution in [0.15, 0.2) is 35.1 Å². The summed E-state index contributed by atoms with van der Waals surface area (Å²) in [5.41, 5.74) is 2.43. The molecule has 1 saturated carbocycles. The predicted molar refractivity (Wildman–Crippen MR) is 112 cm³/mol. The van der Waals surface area contributed by atoms with Gasteiger partial charge in [0.05, 0.1) is 25.9 Å². The number of aromatic nitrogens is 1. The van der Waals surface area contributed by atoms with Gasteiger partial charge in [-0.1, -0.05) is 6.07 Å². The quantitative estimate of drug-likeness (QED) is 0.500. The summed E-state index contributed by atoms with van der Waals surface area (Å²) in [5.74, 6) is 1.37. The molecule has 0 N–H and O–H groups in total. The number of pyridine rings is 1. The summed E-state index contributed by atoms with van der Waals surface area (Å²) in [7, 11) is 1.59. The molecule has 1 aliphatic carbocycles. The van der Waals surface area contributed by atoms with Crippen molar-refractivity contribution in [2.45, 2.75) is 33.6 Å². The number of aryl methyl sites for hydroxylation is 2. The summed E-state index contributed by atoms with van der Waals surface area (Å²) < 4.78 is 18.4. The van der Waals surface area contributed by atoms with Gasteiger partial charge in [-0.2, -0.15) is 0 Å². The molecule has 29 heavy (non-hydrogen) atoms. The smallest absolute Gasteiger partial charge is 0.340 e. The SMILES string of the molecule is CCOC(=O)/C(=C\n1c(C)cc(=O)cc1C)c1ccc(OC)c(OCC2CC2)c1. The van der Waals surface area contributed by atoms with Gasteiger partial charge in [-0.25, -0.2) is 4.79 Å². The number of carbonyl (C=O) groups is 1. The van der Waals surface area contributed by atoms with E-state index >= 15 is 0 Å². The van der Waals surface area contributed by atoms with Gasteiger partial charge in [-0.15, -0.1) is 0 Å². The molecule has 154 valence electrons. The van der Waals surface area contributed by atoms with Crippen LogP contribution in [0.2, 0.25) is 0 Å². The molecule has 0 atom stereocenters. The van der Waals surface area contributed by atoms with Crippen molar-refractivity contribution in [3.8, 4) is 11.5 Å². The molecule has 0 unspecified atom stereocenters. The van der Waals surface area contributed by atoms with Crippen molar-refractivity contribution in [3.05, 3.63) is 57.5 Å². The van der Waals surface area contributed by atoms with E-state index < -0.39 is 5.97 Å². The summed E-state index contributed by atoms with van der Waals surface area (Å²) in [6.07, 6.45) is 4.07. The van der Waals surface area contributed by atoms with Crippen molar-refractivity contribution >= 4 is 17.7 Å². The highest BCUT2D eigenvalue weighted by Crippen LogP contribution is 2.35. The molecular formula is C23H27NO5. The van der Waals surface area contributed by atoms with Crippen LogP contribution in [0.4, 0.5) is 0 Å². The molecular weight excluding hydrogens is 370 g/mol. The fourth-order valence-corrected chi connectivity index (χ4v) is 3.11. The molecule has 0 bridgehead atoms. The summed E-state index contributed by atoms with van der Waals surface area (Å²) >= 11 is 0. The Bertz CT molecular complexity index is 959. The van der Waals surface area contributed by atoms with E-state index in [9.17, 15) is 9.59 Å². The molecule has 1 fully saturated rings. The summed E-state index contributed by atoms with van der Waals surface area (Å²) in [6, 6.07) is 8.46. The van der Waals surface area contributed by atoms with Crippen LogP contribution in [0.5, 0.6) is 11.5 Å². The van der Waals surface area contributed by atoms with Crippen LogP contribution in [-0.2, 0) is 9.53 Å². The summed E-state index contributed by atoms with van der Waals surface area (Å²) in [4.78, 5) is 24.5. The van der Waals surface area contributed by atoms with Crippen molar-refractivity contribution < 1.29 is 19.0 Å². The number of carbonyl (C=O) groups excluding carboxylic acids is 1. The molecule has 0 amide bonds. The maximum atomic E-state index is 12.7. The highest BCUT2D eigenvalue weighted by Gasteiger charge is 2.23. The van der Waals surface area contributed by atoms with E-state index in [1.165, 1.54) is 25.0 Å². The van der Waals surface area contributed by atoms with Gasteiger partial charge < -0.3 is 18.8 Å². The van der Waals surface area contributed by atoms with Crippen molar-refractivity contribution in [2.75, 3.05) is 20.3 Å². The zero-order valence-electron chi connectivity index (χ0n) is 17.4. The Kier molecular flexibility index (Phi) is 6.42. The number of ether oxygens (including phenoxy) is 3. The zero-order chi connectivity index (χ0) is 21.0. The molecule has 6 nitrogen and oxygen atoms in total. The Labute approximate surface area is 170 Å². The molecule has 6 heteroatoms. The van der Waals surface area contributed by atoms with Gasteiger partial charge in [0.1, 0.15) is 0 Å². The molecule has 1 heterocycles. The average molecular weight is 397 g/mol. The van der Waals surface area contributed by atoms with Gasteiger partial charge in [-0.05, 0) is 57.2 Å². The van der Waals surface area contributed by atoms with Gasteiger partial charge in [0.2, 0.25) is 0 Å². The van der Waals surface area contributed by atoms with E-state index in [4.69, 9.17) is 14.2 Å². The zero-order valence-corrected chi connectivity index (χ0v) is 17.4. The van der Waals surface area contributed by atoms with Gasteiger partial charge in [0, 0.05) is 29.7 Å². The molecule has 0 spiro atoms. The van der Waals surface area contributed by atoms with Crippen LogP contribution in [0.3, 0.4) is 0 Å².